The highest BCUT2D eigenvalue weighted by Gasteiger charge is 2.41. The maximum absolute atomic E-state index is 13.5. The number of carbonyl (C=O) groups excluding carboxylic acids is 2. The van der Waals surface area contributed by atoms with E-state index in [1.165, 1.54) is 24.1 Å². The van der Waals surface area contributed by atoms with Gasteiger partial charge in [0.15, 0.2) is 0 Å². The summed E-state index contributed by atoms with van der Waals surface area (Å²) < 4.78 is 19.5. The van der Waals surface area contributed by atoms with Crippen molar-refractivity contribution in [3.8, 4) is 5.75 Å². The summed E-state index contributed by atoms with van der Waals surface area (Å²) in [6, 6.07) is 13.8. The van der Waals surface area contributed by atoms with Gasteiger partial charge in [-0.3, -0.25) is 9.59 Å². The van der Waals surface area contributed by atoms with Gasteiger partial charge in [0.25, 0.3) is 5.91 Å². The number of halogens is 1. The van der Waals surface area contributed by atoms with Crippen molar-refractivity contribution in [1.82, 2.24) is 9.80 Å². The lowest BCUT2D eigenvalue weighted by Gasteiger charge is -2.43. The van der Waals surface area contributed by atoms with Crippen molar-refractivity contribution in [2.75, 3.05) is 32.8 Å². The molecule has 194 valence electrons. The van der Waals surface area contributed by atoms with Gasteiger partial charge >= 0.3 is 0 Å². The fourth-order valence-corrected chi connectivity index (χ4v) is 5.33. The minimum atomic E-state index is -0.484. The number of piperidine rings is 2. The molecule has 2 aliphatic heterocycles. The minimum absolute atomic E-state index is 0.00765. The normalized spacial score (nSPS) is 20.8. The average Bonchev–Trinajstić information content (AvgIpc) is 2.88. The van der Waals surface area contributed by atoms with Gasteiger partial charge in [-0.2, -0.15) is 0 Å². The second-order valence-electron chi connectivity index (χ2n) is 11.5. The summed E-state index contributed by atoms with van der Waals surface area (Å²) in [5.41, 5.74) is 1.39. The van der Waals surface area contributed by atoms with Gasteiger partial charge in [0.1, 0.15) is 11.6 Å². The Kier molecular flexibility index (Phi) is 8.01. The number of carbonyl (C=O) groups is 2. The number of nitrogens with zero attached hydrogens (tertiary/aromatic N) is 2. The Hall–Kier alpha value is -2.89. The lowest BCUT2D eigenvalue weighted by molar-refractivity contribution is -0.136. The third kappa shape index (κ3) is 6.45. The van der Waals surface area contributed by atoms with E-state index < -0.39 is 5.41 Å². The van der Waals surface area contributed by atoms with E-state index in [0.29, 0.717) is 37.4 Å². The molecule has 0 spiro atoms. The zero-order valence-corrected chi connectivity index (χ0v) is 21.9. The van der Waals surface area contributed by atoms with Gasteiger partial charge in [-0.25, -0.2) is 4.39 Å². The lowest BCUT2D eigenvalue weighted by Crippen LogP contribution is -2.51. The van der Waals surface area contributed by atoms with Crippen molar-refractivity contribution in [2.45, 2.75) is 64.7 Å². The second-order valence-corrected chi connectivity index (χ2v) is 11.5. The molecule has 2 heterocycles. The van der Waals surface area contributed by atoms with Gasteiger partial charge in [0.05, 0.1) is 6.61 Å². The molecule has 0 radical (unpaired) electrons. The van der Waals surface area contributed by atoms with E-state index in [-0.39, 0.29) is 23.0 Å². The molecule has 1 atom stereocenters. The molecule has 0 unspecified atom stereocenters. The Bertz CT molecular complexity index is 1040. The maximum atomic E-state index is 13.5. The fraction of sp³-hybridized carbons (Fsp3) is 0.533. The molecule has 4 rings (SSSR count). The van der Waals surface area contributed by atoms with Crippen molar-refractivity contribution in [2.24, 2.45) is 5.41 Å². The van der Waals surface area contributed by atoms with Crippen LogP contribution in [0.1, 0.15) is 75.2 Å². The minimum Gasteiger partial charge on any atom is -0.493 e. The third-order valence-corrected chi connectivity index (χ3v) is 7.54. The number of hydrogen-bond acceptors (Lipinski definition) is 3. The highest BCUT2D eigenvalue weighted by atomic mass is 19.1. The Morgan fingerprint density at radius 3 is 2.17 bits per heavy atom. The molecule has 2 fully saturated rings. The monoisotopic (exact) mass is 494 g/mol. The molecule has 6 heteroatoms. The first kappa shape index (κ1) is 26.2. The number of amides is 2. The number of likely N-dealkylation sites (tertiary alicyclic amines) is 2. The molecule has 5 nitrogen and oxygen atoms in total. The SMILES string of the molecule is CC(C)(C)c1ccc(C(=O)N2CCC[C@@](COc3ccc(F)cc3)(CC(=O)N3CCCCC3)C2)cc1. The average molecular weight is 495 g/mol. The Morgan fingerprint density at radius 2 is 1.53 bits per heavy atom. The standard InChI is InChI=1S/C30H39FN2O3/c1-29(2,3)24-10-8-23(9-11-24)28(35)33-19-7-16-30(21-33,20-27(34)32-17-5-4-6-18-32)22-36-26-14-12-25(31)13-15-26/h8-15H,4-7,16-22H2,1-3H3/t30-/m1/s1. The third-order valence-electron chi connectivity index (χ3n) is 7.54. The molecule has 0 aliphatic carbocycles. The van der Waals surface area contributed by atoms with Crippen LogP contribution in [0, 0.1) is 11.2 Å². The van der Waals surface area contributed by atoms with Crippen LogP contribution in [0.4, 0.5) is 4.39 Å². The zero-order chi connectivity index (χ0) is 25.8. The van der Waals surface area contributed by atoms with Crippen molar-refractivity contribution < 1.29 is 18.7 Å². The number of benzene rings is 2. The van der Waals surface area contributed by atoms with Gasteiger partial charge in [0, 0.05) is 43.6 Å². The quantitative estimate of drug-likeness (QED) is 0.508. The Labute approximate surface area is 214 Å². The molecular weight excluding hydrogens is 455 g/mol. The molecule has 0 aromatic heterocycles. The number of hydrogen-bond donors (Lipinski definition) is 0. The van der Waals surface area contributed by atoms with Crippen LogP contribution in [-0.4, -0.2) is 54.4 Å². The maximum Gasteiger partial charge on any atom is 0.253 e. The van der Waals surface area contributed by atoms with Gasteiger partial charge in [-0.05, 0) is 79.5 Å². The first-order chi connectivity index (χ1) is 17.2. The second kappa shape index (κ2) is 11.0. The van der Waals surface area contributed by atoms with Gasteiger partial charge in [0.2, 0.25) is 5.91 Å². The molecule has 2 aromatic rings. The predicted molar refractivity (Wildman–Crippen MR) is 140 cm³/mol. The predicted octanol–water partition coefficient (Wildman–Crippen LogP) is 5.83. The van der Waals surface area contributed by atoms with Crippen LogP contribution < -0.4 is 4.74 Å². The number of ether oxygens (including phenoxy) is 1. The molecule has 2 amide bonds. The molecular formula is C30H39FN2O3. The van der Waals surface area contributed by atoms with Crippen LogP contribution in [0.2, 0.25) is 0 Å². The summed E-state index contributed by atoms with van der Waals surface area (Å²) >= 11 is 0. The van der Waals surface area contributed by atoms with Crippen LogP contribution in [0.5, 0.6) is 5.75 Å². The first-order valence-electron chi connectivity index (χ1n) is 13.2. The summed E-state index contributed by atoms with van der Waals surface area (Å²) in [5, 5.41) is 0. The summed E-state index contributed by atoms with van der Waals surface area (Å²) in [6.45, 7) is 9.51. The van der Waals surface area contributed by atoms with Crippen LogP contribution in [0.25, 0.3) is 0 Å². The molecule has 36 heavy (non-hydrogen) atoms. The molecule has 2 saturated heterocycles. The lowest BCUT2D eigenvalue weighted by atomic mass is 9.77. The van der Waals surface area contributed by atoms with Gasteiger partial charge in [-0.15, -0.1) is 0 Å². The van der Waals surface area contributed by atoms with Gasteiger partial charge in [-0.1, -0.05) is 32.9 Å². The van der Waals surface area contributed by atoms with Crippen molar-refractivity contribution in [3.63, 3.8) is 0 Å². The van der Waals surface area contributed by atoms with Crippen molar-refractivity contribution >= 4 is 11.8 Å². The van der Waals surface area contributed by atoms with Crippen LogP contribution in [-0.2, 0) is 10.2 Å². The summed E-state index contributed by atoms with van der Waals surface area (Å²) in [7, 11) is 0. The first-order valence-corrected chi connectivity index (χ1v) is 13.2. The molecule has 2 aliphatic rings. The highest BCUT2D eigenvalue weighted by Crippen LogP contribution is 2.36. The summed E-state index contributed by atoms with van der Waals surface area (Å²) in [5.74, 6) is 0.389. The van der Waals surface area contributed by atoms with E-state index in [0.717, 1.165) is 38.8 Å². The molecule has 0 N–H and O–H groups in total. The van der Waals surface area contributed by atoms with Gasteiger partial charge < -0.3 is 14.5 Å². The van der Waals surface area contributed by atoms with Crippen LogP contribution >= 0.6 is 0 Å². The molecule has 0 bridgehead atoms. The molecule has 2 aromatic carbocycles. The van der Waals surface area contributed by atoms with Crippen molar-refractivity contribution in [1.29, 1.82) is 0 Å². The number of rotatable bonds is 6. The summed E-state index contributed by atoms with van der Waals surface area (Å²) in [6.07, 6.45) is 5.21. The van der Waals surface area contributed by atoms with Crippen LogP contribution in [0.3, 0.4) is 0 Å². The van der Waals surface area contributed by atoms with Crippen molar-refractivity contribution in [3.05, 3.63) is 65.5 Å². The Balaban J connectivity index is 1.52. The van der Waals surface area contributed by atoms with E-state index >= 15 is 0 Å². The highest BCUT2D eigenvalue weighted by molar-refractivity contribution is 5.94. The van der Waals surface area contributed by atoms with E-state index in [1.54, 1.807) is 12.1 Å². The van der Waals surface area contributed by atoms with E-state index in [2.05, 4.69) is 20.8 Å². The molecule has 0 saturated carbocycles. The Morgan fingerprint density at radius 1 is 0.889 bits per heavy atom. The summed E-state index contributed by atoms with van der Waals surface area (Å²) in [4.78, 5) is 30.7. The van der Waals surface area contributed by atoms with E-state index in [1.807, 2.05) is 34.1 Å². The largest absolute Gasteiger partial charge is 0.493 e. The van der Waals surface area contributed by atoms with Crippen LogP contribution in [0.15, 0.2) is 48.5 Å². The van der Waals surface area contributed by atoms with E-state index in [4.69, 9.17) is 4.74 Å². The smallest absolute Gasteiger partial charge is 0.253 e. The van der Waals surface area contributed by atoms with E-state index in [9.17, 15) is 14.0 Å². The zero-order valence-electron chi connectivity index (χ0n) is 21.9. The fourth-order valence-electron chi connectivity index (χ4n) is 5.33. The topological polar surface area (TPSA) is 49.9 Å².